The molecule has 1 aromatic rings. The molecule has 5 nitrogen and oxygen atoms in total. The molecule has 0 radical (unpaired) electrons. The lowest BCUT2D eigenvalue weighted by atomic mass is 10.0. The zero-order chi connectivity index (χ0) is 13.5. The first-order valence-corrected chi connectivity index (χ1v) is 6.82. The van der Waals surface area contributed by atoms with E-state index in [1.807, 2.05) is 0 Å². The zero-order valence-electron chi connectivity index (χ0n) is 11.0. The molecule has 1 unspecified atom stereocenters. The van der Waals surface area contributed by atoms with Crippen LogP contribution in [-0.4, -0.2) is 35.8 Å². The predicted octanol–water partition coefficient (Wildman–Crippen LogP) is -0.113. The van der Waals surface area contributed by atoms with Crippen LogP contribution in [-0.2, 0) is 4.79 Å². The van der Waals surface area contributed by atoms with E-state index >= 15 is 0 Å². The lowest BCUT2D eigenvalue weighted by molar-refractivity contribution is -0.653. The maximum absolute atomic E-state index is 12.0. The lowest BCUT2D eigenvalue weighted by Gasteiger charge is -2.16. The van der Waals surface area contributed by atoms with Crippen LogP contribution in [0.2, 0.25) is 0 Å². The highest BCUT2D eigenvalue weighted by Crippen LogP contribution is 2.06. The number of hydrogen-bond donors (Lipinski definition) is 2. The van der Waals surface area contributed by atoms with Gasteiger partial charge in [-0.25, -0.2) is 0 Å². The van der Waals surface area contributed by atoms with Crippen molar-refractivity contribution in [2.24, 2.45) is 0 Å². The van der Waals surface area contributed by atoms with E-state index < -0.39 is 0 Å². The van der Waals surface area contributed by atoms with Crippen LogP contribution in [0.5, 0.6) is 0 Å². The smallest absolute Gasteiger partial charge is 0.253 e. The number of ketones is 1. The Morgan fingerprint density at radius 3 is 3.05 bits per heavy atom. The minimum Gasteiger partial charge on any atom is -0.346 e. The van der Waals surface area contributed by atoms with E-state index in [9.17, 15) is 9.59 Å². The number of rotatable bonds is 2. The summed E-state index contributed by atoms with van der Waals surface area (Å²) in [7, 11) is 0. The highest BCUT2D eigenvalue weighted by Gasteiger charge is 2.22. The Morgan fingerprint density at radius 2 is 2.26 bits per heavy atom. The summed E-state index contributed by atoms with van der Waals surface area (Å²) in [5.74, 6) is -0.0786. The van der Waals surface area contributed by atoms with Crippen LogP contribution in [0.3, 0.4) is 0 Å². The van der Waals surface area contributed by atoms with Crippen LogP contribution in [0.1, 0.15) is 36.0 Å². The van der Waals surface area contributed by atoms with Crippen LogP contribution in [0.4, 0.5) is 0 Å². The van der Waals surface area contributed by atoms with Gasteiger partial charge in [-0.3, -0.25) is 14.6 Å². The van der Waals surface area contributed by atoms with Gasteiger partial charge in [-0.15, -0.1) is 0 Å². The van der Waals surface area contributed by atoms with Crippen molar-refractivity contribution < 1.29 is 14.9 Å². The first-order chi connectivity index (χ1) is 9.27. The quantitative estimate of drug-likeness (QED) is 0.780. The van der Waals surface area contributed by atoms with Gasteiger partial charge in [-0.05, 0) is 31.4 Å². The SMILES string of the molecule is O=C(NC1CCCC[NH2+]CCC1=O)c1cccnc1. The number of Topliss-reactive ketones (excluding diaryl/α,β-unsaturated/α-hetero) is 1. The van der Waals surface area contributed by atoms with E-state index in [1.165, 1.54) is 6.20 Å². The maximum atomic E-state index is 12.0. The van der Waals surface area contributed by atoms with Crippen molar-refractivity contribution in [1.82, 2.24) is 10.3 Å². The number of amides is 1. The van der Waals surface area contributed by atoms with Crippen LogP contribution in [0.25, 0.3) is 0 Å². The molecule has 102 valence electrons. The first-order valence-electron chi connectivity index (χ1n) is 6.82. The van der Waals surface area contributed by atoms with Gasteiger partial charge in [0.15, 0.2) is 5.78 Å². The molecule has 2 heterocycles. The molecular weight excluding hydrogens is 242 g/mol. The number of quaternary nitrogens is 1. The van der Waals surface area contributed by atoms with Gasteiger partial charge in [0.1, 0.15) is 0 Å². The van der Waals surface area contributed by atoms with E-state index in [0.29, 0.717) is 12.0 Å². The summed E-state index contributed by atoms with van der Waals surface area (Å²) in [5.41, 5.74) is 0.502. The van der Waals surface area contributed by atoms with E-state index in [4.69, 9.17) is 0 Å². The number of carbonyl (C=O) groups is 2. The van der Waals surface area contributed by atoms with Gasteiger partial charge in [0.25, 0.3) is 5.91 Å². The molecule has 1 aliphatic rings. The number of pyridine rings is 1. The van der Waals surface area contributed by atoms with Crippen LogP contribution < -0.4 is 10.6 Å². The minimum absolute atomic E-state index is 0.135. The molecule has 0 saturated carbocycles. The second kappa shape index (κ2) is 6.99. The largest absolute Gasteiger partial charge is 0.346 e. The lowest BCUT2D eigenvalue weighted by Crippen LogP contribution is -2.84. The summed E-state index contributed by atoms with van der Waals surface area (Å²) >= 11 is 0. The number of carbonyl (C=O) groups excluding carboxylic acids is 2. The van der Waals surface area contributed by atoms with Crippen molar-refractivity contribution in [2.75, 3.05) is 13.1 Å². The third-order valence-corrected chi connectivity index (χ3v) is 3.36. The van der Waals surface area contributed by atoms with Crippen LogP contribution in [0, 0.1) is 0 Å². The minimum atomic E-state index is -0.348. The summed E-state index contributed by atoms with van der Waals surface area (Å²) in [5, 5.41) is 5.01. The molecule has 19 heavy (non-hydrogen) atoms. The van der Waals surface area contributed by atoms with Gasteiger partial charge >= 0.3 is 0 Å². The maximum Gasteiger partial charge on any atom is 0.253 e. The molecule has 1 aliphatic heterocycles. The van der Waals surface area contributed by atoms with Crippen molar-refractivity contribution in [3.8, 4) is 0 Å². The van der Waals surface area contributed by atoms with Crippen LogP contribution in [0.15, 0.2) is 24.5 Å². The second-order valence-electron chi connectivity index (χ2n) is 4.85. The predicted molar refractivity (Wildman–Crippen MR) is 70.6 cm³/mol. The van der Waals surface area contributed by atoms with E-state index in [0.717, 1.165) is 32.4 Å². The number of aromatic nitrogens is 1. The zero-order valence-corrected chi connectivity index (χ0v) is 11.0. The van der Waals surface area contributed by atoms with Crippen molar-refractivity contribution in [2.45, 2.75) is 31.7 Å². The first kappa shape index (κ1) is 13.7. The standard InChI is InChI=1S/C14H19N3O2/c18-13-6-9-15-7-2-1-5-12(13)17-14(19)11-4-3-8-16-10-11/h3-4,8,10,12,15H,1-2,5-7,9H2,(H,17,19)/p+1. The fourth-order valence-electron chi connectivity index (χ4n) is 2.25. The number of hydrogen-bond acceptors (Lipinski definition) is 3. The fraction of sp³-hybridized carbons (Fsp3) is 0.500. The number of nitrogens with two attached hydrogens (primary N) is 1. The third kappa shape index (κ3) is 4.13. The topological polar surface area (TPSA) is 75.7 Å². The molecule has 1 fully saturated rings. The summed E-state index contributed by atoms with van der Waals surface area (Å²) in [6, 6.07) is 3.07. The van der Waals surface area contributed by atoms with E-state index in [2.05, 4.69) is 15.6 Å². The Hall–Kier alpha value is -1.75. The van der Waals surface area contributed by atoms with E-state index in [1.54, 1.807) is 18.3 Å². The Morgan fingerprint density at radius 1 is 1.37 bits per heavy atom. The Balaban J connectivity index is 1.98. The van der Waals surface area contributed by atoms with Gasteiger partial charge in [0.2, 0.25) is 0 Å². The molecule has 1 amide bonds. The summed E-state index contributed by atoms with van der Waals surface area (Å²) < 4.78 is 0. The van der Waals surface area contributed by atoms with Gasteiger partial charge in [0, 0.05) is 12.4 Å². The average molecular weight is 262 g/mol. The van der Waals surface area contributed by atoms with Gasteiger partial charge in [-0.2, -0.15) is 0 Å². The Kier molecular flexibility index (Phi) is 5.03. The monoisotopic (exact) mass is 262 g/mol. The highest BCUT2D eigenvalue weighted by molar-refractivity contribution is 5.97. The van der Waals surface area contributed by atoms with Crippen molar-refractivity contribution in [1.29, 1.82) is 0 Å². The van der Waals surface area contributed by atoms with E-state index in [-0.39, 0.29) is 17.7 Å². The fourth-order valence-corrected chi connectivity index (χ4v) is 2.25. The second-order valence-corrected chi connectivity index (χ2v) is 4.85. The molecule has 0 bridgehead atoms. The summed E-state index contributed by atoms with van der Waals surface area (Å²) in [6.45, 7) is 1.88. The molecular formula is C14H20N3O2+. The average Bonchev–Trinajstić information content (AvgIpc) is 2.54. The van der Waals surface area contributed by atoms with Gasteiger partial charge in [-0.1, -0.05) is 0 Å². The molecule has 5 heteroatoms. The molecule has 0 spiro atoms. The molecule has 0 aliphatic carbocycles. The summed E-state index contributed by atoms with van der Waals surface area (Å²) in [4.78, 5) is 28.0. The Labute approximate surface area is 112 Å². The van der Waals surface area contributed by atoms with Crippen LogP contribution >= 0.6 is 0 Å². The molecule has 1 aromatic heterocycles. The normalized spacial score (nSPS) is 21.1. The van der Waals surface area contributed by atoms with Gasteiger partial charge < -0.3 is 10.6 Å². The Bertz CT molecular complexity index is 434. The van der Waals surface area contributed by atoms with Gasteiger partial charge in [0.05, 0.1) is 31.1 Å². The molecule has 0 aromatic carbocycles. The summed E-state index contributed by atoms with van der Waals surface area (Å²) in [6.07, 6.45) is 6.46. The molecule has 1 saturated heterocycles. The van der Waals surface area contributed by atoms with Crippen molar-refractivity contribution >= 4 is 11.7 Å². The number of nitrogens with zero attached hydrogens (tertiary/aromatic N) is 1. The number of nitrogens with one attached hydrogen (secondary N) is 1. The van der Waals surface area contributed by atoms with Crippen molar-refractivity contribution in [3.05, 3.63) is 30.1 Å². The van der Waals surface area contributed by atoms with Crippen molar-refractivity contribution in [3.63, 3.8) is 0 Å². The third-order valence-electron chi connectivity index (χ3n) is 3.36. The molecule has 3 N–H and O–H groups in total. The molecule has 2 rings (SSSR count). The highest BCUT2D eigenvalue weighted by atomic mass is 16.2. The molecule has 1 atom stereocenters.